The third-order valence-corrected chi connectivity index (χ3v) is 6.39. The fourth-order valence-corrected chi connectivity index (χ4v) is 4.83. The molecule has 0 unspecified atom stereocenters. The maximum Gasteiger partial charge on any atom is 0.209 e. The van der Waals surface area contributed by atoms with Crippen molar-refractivity contribution in [3.8, 4) is 0 Å². The number of fused-ring (bicyclic) bond motifs is 2. The first-order chi connectivity index (χ1) is 14.8. The summed E-state index contributed by atoms with van der Waals surface area (Å²) in [5, 5.41) is 0. The van der Waals surface area contributed by atoms with E-state index in [1.165, 1.54) is 33.9 Å². The lowest BCUT2D eigenvalue weighted by Gasteiger charge is -2.23. The summed E-state index contributed by atoms with van der Waals surface area (Å²) in [7, 11) is -0.607. The zero-order valence-electron chi connectivity index (χ0n) is 19.3. The number of nitrogens with zero attached hydrogens (tertiary/aromatic N) is 2. The van der Waals surface area contributed by atoms with Crippen molar-refractivity contribution in [2.75, 3.05) is 19.0 Å². The summed E-state index contributed by atoms with van der Waals surface area (Å²) < 4.78 is 36.3. The summed E-state index contributed by atoms with van der Waals surface area (Å²) >= 11 is 0. The second kappa shape index (κ2) is 8.46. The summed E-state index contributed by atoms with van der Waals surface area (Å²) in [6, 6.07) is 17.4. The number of halogens is 1. The third-order valence-electron chi connectivity index (χ3n) is 6.39. The number of hydrogen-bond acceptors (Lipinski definition) is 5. The van der Waals surface area contributed by atoms with E-state index in [2.05, 4.69) is 118 Å². The summed E-state index contributed by atoms with van der Waals surface area (Å²) in [5.74, 6) is 0. The molecule has 0 N–H and O–H groups in total. The van der Waals surface area contributed by atoms with E-state index in [-0.39, 0.29) is 10.8 Å². The predicted octanol–water partition coefficient (Wildman–Crippen LogP) is 0.804. The quantitative estimate of drug-likeness (QED) is 0.622. The molecule has 0 bridgehead atoms. The van der Waals surface area contributed by atoms with Gasteiger partial charge in [0.1, 0.15) is 7.05 Å². The molecule has 0 spiro atoms. The highest BCUT2D eigenvalue weighted by Crippen LogP contribution is 2.46. The molecular weight excluding hydrogens is 428 g/mol. The number of likely N-dealkylation sites (N-methyl/N-ethyl adjacent to an activating group) is 1. The molecule has 170 valence electrons. The van der Waals surface area contributed by atoms with Crippen LogP contribution in [0.25, 0.3) is 0 Å². The Morgan fingerprint density at radius 2 is 1.38 bits per heavy atom. The van der Waals surface area contributed by atoms with E-state index in [9.17, 15) is 0 Å². The smallest absolute Gasteiger partial charge is 0.209 e. The highest BCUT2D eigenvalue weighted by molar-refractivity contribution is 6.03. The molecule has 2 aliphatic heterocycles. The first-order valence-corrected chi connectivity index (χ1v) is 11.5. The Balaban J connectivity index is 0.000000523. The zero-order chi connectivity index (χ0) is 23.9. The topological polar surface area (TPSA) is 98.5 Å². The number of anilines is 1. The Bertz CT molecular complexity index is 1100. The van der Waals surface area contributed by atoms with E-state index in [0.29, 0.717) is 0 Å². The van der Waals surface area contributed by atoms with Crippen molar-refractivity contribution < 1.29 is 33.5 Å². The molecule has 0 saturated carbocycles. The molecule has 2 aromatic carbocycles. The Kier molecular flexibility index (Phi) is 6.39. The molecule has 2 aliphatic rings. The van der Waals surface area contributed by atoms with E-state index in [1.807, 2.05) is 0 Å². The summed E-state index contributed by atoms with van der Waals surface area (Å²) in [6.45, 7) is 9.24. The molecule has 0 fully saturated rings. The van der Waals surface area contributed by atoms with Crippen LogP contribution in [0, 0.1) is 10.2 Å². The van der Waals surface area contributed by atoms with Gasteiger partial charge in [0.15, 0.2) is 5.71 Å². The van der Waals surface area contributed by atoms with Crippen molar-refractivity contribution >= 4 is 17.1 Å². The minimum absolute atomic E-state index is 0.0143. The minimum Gasteiger partial charge on any atom is -0.347 e. The van der Waals surface area contributed by atoms with E-state index >= 15 is 0 Å². The molecule has 0 amide bonds. The first-order valence-electron chi connectivity index (χ1n) is 10.3. The van der Waals surface area contributed by atoms with Gasteiger partial charge in [-0.1, -0.05) is 56.3 Å². The van der Waals surface area contributed by atoms with Gasteiger partial charge < -0.3 is 4.90 Å². The van der Waals surface area contributed by atoms with Crippen molar-refractivity contribution in [2.24, 2.45) is 0 Å². The van der Waals surface area contributed by atoms with Gasteiger partial charge in [0.2, 0.25) is 5.69 Å². The van der Waals surface area contributed by atoms with E-state index in [4.69, 9.17) is 18.6 Å². The van der Waals surface area contributed by atoms with Crippen molar-refractivity contribution in [3.05, 3.63) is 83.6 Å². The van der Waals surface area contributed by atoms with Gasteiger partial charge in [0.25, 0.3) is 0 Å². The maximum atomic E-state index is 8.49. The van der Waals surface area contributed by atoms with E-state index in [0.717, 1.165) is 0 Å². The van der Waals surface area contributed by atoms with Crippen molar-refractivity contribution in [2.45, 2.75) is 38.5 Å². The SMILES string of the molecule is CN1C(=CC=CC2=[N+](C)c3ccccc3C2(C)C)C(C)(C)c2ccccc21.[O-][Cl+3]([O-])([O-])[O-]. The van der Waals surface area contributed by atoms with Crippen molar-refractivity contribution in [3.63, 3.8) is 0 Å². The number of allylic oxidation sites excluding steroid dienone is 4. The standard InChI is InChI=1S/C25H29N2.ClHO4/c1-24(2)18-12-7-9-14-20(18)26(5)22(24)16-11-17-23-25(3,4)19-13-8-10-15-21(19)27(23)6;2-1(3,4)5/h7-17H,1-6H3;(H,2,3,4,5)/q+1;/p-1. The van der Waals surface area contributed by atoms with Crippen LogP contribution in [-0.2, 0) is 10.8 Å². The zero-order valence-corrected chi connectivity index (χ0v) is 20.0. The largest absolute Gasteiger partial charge is 0.347 e. The Morgan fingerprint density at radius 1 is 0.844 bits per heavy atom. The highest BCUT2D eigenvalue weighted by Gasteiger charge is 2.42. The van der Waals surface area contributed by atoms with Gasteiger partial charge in [0, 0.05) is 41.6 Å². The van der Waals surface area contributed by atoms with Crippen LogP contribution >= 0.6 is 0 Å². The molecule has 2 heterocycles. The van der Waals surface area contributed by atoms with Gasteiger partial charge in [-0.05, 0) is 31.6 Å². The summed E-state index contributed by atoms with van der Waals surface area (Å²) in [4.78, 5) is 2.32. The Morgan fingerprint density at radius 3 is 1.94 bits per heavy atom. The molecule has 0 atom stereocenters. The van der Waals surface area contributed by atoms with Gasteiger partial charge in [-0.15, -0.1) is 10.2 Å². The highest BCUT2D eigenvalue weighted by atomic mass is 35.7. The van der Waals surface area contributed by atoms with Crippen LogP contribution in [0.15, 0.2) is 72.5 Å². The fourth-order valence-electron chi connectivity index (χ4n) is 4.83. The number of hydrogen-bond donors (Lipinski definition) is 0. The van der Waals surface area contributed by atoms with Crippen LogP contribution in [0.5, 0.6) is 0 Å². The summed E-state index contributed by atoms with van der Waals surface area (Å²) in [6.07, 6.45) is 6.78. The molecular formula is C25H29ClN2O4. The molecule has 7 heteroatoms. The van der Waals surface area contributed by atoms with Gasteiger partial charge >= 0.3 is 0 Å². The molecule has 4 rings (SSSR count). The van der Waals surface area contributed by atoms with Crippen LogP contribution in [0.4, 0.5) is 11.4 Å². The maximum absolute atomic E-state index is 8.49. The molecule has 0 saturated heterocycles. The normalized spacial score (nSPS) is 19.8. The number of benzene rings is 2. The van der Waals surface area contributed by atoms with Gasteiger partial charge in [0.05, 0.1) is 5.41 Å². The number of para-hydroxylation sites is 2. The monoisotopic (exact) mass is 456 g/mol. The summed E-state index contributed by atoms with van der Waals surface area (Å²) in [5.41, 5.74) is 8.09. The lowest BCUT2D eigenvalue weighted by atomic mass is 9.81. The average Bonchev–Trinajstić information content (AvgIpc) is 3.01. The predicted molar refractivity (Wildman–Crippen MR) is 115 cm³/mol. The average molecular weight is 457 g/mol. The lowest BCUT2D eigenvalue weighted by Crippen LogP contribution is -2.68. The minimum atomic E-state index is -4.94. The van der Waals surface area contributed by atoms with Crippen molar-refractivity contribution in [1.29, 1.82) is 0 Å². The molecule has 32 heavy (non-hydrogen) atoms. The first kappa shape index (κ1) is 24.2. The van der Waals surface area contributed by atoms with Gasteiger partial charge in [-0.2, -0.15) is 4.58 Å². The van der Waals surface area contributed by atoms with Crippen molar-refractivity contribution in [1.82, 2.24) is 0 Å². The molecule has 0 aromatic heterocycles. The second-order valence-electron chi connectivity index (χ2n) is 9.08. The van der Waals surface area contributed by atoms with E-state index in [1.54, 1.807) is 0 Å². The van der Waals surface area contributed by atoms with Crippen LogP contribution in [0.3, 0.4) is 0 Å². The Labute approximate surface area is 191 Å². The van der Waals surface area contributed by atoms with Crippen LogP contribution in [0.2, 0.25) is 0 Å². The van der Waals surface area contributed by atoms with Crippen LogP contribution in [-0.4, -0.2) is 24.4 Å². The Hall–Kier alpha value is -2.48. The van der Waals surface area contributed by atoms with Gasteiger partial charge in [-0.25, -0.2) is 18.6 Å². The number of rotatable bonds is 2. The molecule has 0 aliphatic carbocycles. The molecule has 6 nitrogen and oxygen atoms in total. The fraction of sp³-hybridized carbons (Fsp3) is 0.320. The van der Waals surface area contributed by atoms with Gasteiger partial charge in [-0.3, -0.25) is 0 Å². The third kappa shape index (κ3) is 4.51. The molecule has 2 aromatic rings. The van der Waals surface area contributed by atoms with E-state index < -0.39 is 10.2 Å². The molecule has 0 radical (unpaired) electrons. The van der Waals surface area contributed by atoms with Crippen LogP contribution < -0.4 is 23.5 Å². The lowest BCUT2D eigenvalue weighted by molar-refractivity contribution is -2.00. The van der Waals surface area contributed by atoms with Crippen LogP contribution in [0.1, 0.15) is 38.8 Å². The second-order valence-corrected chi connectivity index (χ2v) is 9.83.